The van der Waals surface area contributed by atoms with Gasteiger partial charge in [-0.1, -0.05) is 17.7 Å². The minimum Gasteiger partial charge on any atom is -0.356 e. The van der Waals surface area contributed by atoms with Crippen LogP contribution in [-0.2, 0) is 6.54 Å². The SMILES string of the molecule is Cc1ccc(N(C)C(=O)c2cn3c(n2)NCCC3)cc1. The molecule has 0 bridgehead atoms. The summed E-state index contributed by atoms with van der Waals surface area (Å²) in [5.74, 6) is 0.703. The van der Waals surface area contributed by atoms with Gasteiger partial charge in [0.25, 0.3) is 5.91 Å². The lowest BCUT2D eigenvalue weighted by Crippen LogP contribution is -2.26. The van der Waals surface area contributed by atoms with Crippen molar-refractivity contribution in [2.75, 3.05) is 23.8 Å². The fourth-order valence-corrected chi connectivity index (χ4v) is 2.34. The van der Waals surface area contributed by atoms with Crippen LogP contribution < -0.4 is 10.2 Å². The Morgan fingerprint density at radius 2 is 2.10 bits per heavy atom. The summed E-state index contributed by atoms with van der Waals surface area (Å²) in [6.07, 6.45) is 2.89. The van der Waals surface area contributed by atoms with Crippen molar-refractivity contribution in [2.24, 2.45) is 0 Å². The first kappa shape index (κ1) is 12.7. The Balaban J connectivity index is 1.84. The molecule has 1 amide bonds. The molecule has 20 heavy (non-hydrogen) atoms. The van der Waals surface area contributed by atoms with Crippen LogP contribution in [0.2, 0.25) is 0 Å². The Kier molecular flexibility index (Phi) is 3.18. The zero-order chi connectivity index (χ0) is 14.1. The van der Waals surface area contributed by atoms with Crippen LogP contribution in [0.3, 0.4) is 0 Å². The molecule has 5 nitrogen and oxygen atoms in total. The monoisotopic (exact) mass is 270 g/mol. The molecule has 2 heterocycles. The number of aryl methyl sites for hydroxylation is 2. The number of amides is 1. The van der Waals surface area contributed by atoms with E-state index >= 15 is 0 Å². The van der Waals surface area contributed by atoms with Crippen molar-refractivity contribution in [2.45, 2.75) is 19.9 Å². The summed E-state index contributed by atoms with van der Waals surface area (Å²) < 4.78 is 2.00. The third-order valence-electron chi connectivity index (χ3n) is 3.58. The van der Waals surface area contributed by atoms with E-state index in [2.05, 4.69) is 10.3 Å². The van der Waals surface area contributed by atoms with Crippen LogP contribution in [0.4, 0.5) is 11.6 Å². The maximum absolute atomic E-state index is 12.5. The topological polar surface area (TPSA) is 50.2 Å². The van der Waals surface area contributed by atoms with Crippen molar-refractivity contribution in [3.8, 4) is 0 Å². The molecule has 0 saturated heterocycles. The minimum atomic E-state index is -0.0856. The summed E-state index contributed by atoms with van der Waals surface area (Å²) in [5.41, 5.74) is 2.54. The minimum absolute atomic E-state index is 0.0856. The summed E-state index contributed by atoms with van der Waals surface area (Å²) in [6, 6.07) is 7.89. The molecular weight excluding hydrogens is 252 g/mol. The van der Waals surface area contributed by atoms with Gasteiger partial charge in [-0.3, -0.25) is 4.79 Å². The van der Waals surface area contributed by atoms with Crippen LogP contribution in [0, 0.1) is 6.92 Å². The smallest absolute Gasteiger partial charge is 0.278 e. The lowest BCUT2D eigenvalue weighted by atomic mass is 10.2. The van der Waals surface area contributed by atoms with Gasteiger partial charge in [0.1, 0.15) is 5.69 Å². The van der Waals surface area contributed by atoms with E-state index in [1.807, 2.05) is 42.0 Å². The highest BCUT2D eigenvalue weighted by atomic mass is 16.2. The Bertz CT molecular complexity index is 606. The fourth-order valence-electron chi connectivity index (χ4n) is 2.34. The first-order valence-electron chi connectivity index (χ1n) is 6.81. The standard InChI is InChI=1S/C15H18N4O/c1-11-4-6-12(7-5-11)18(2)14(20)13-10-19-9-3-8-16-15(19)17-13/h4-7,10H,3,8-9H2,1-2H3,(H,16,17). The highest BCUT2D eigenvalue weighted by Crippen LogP contribution is 2.19. The largest absolute Gasteiger partial charge is 0.356 e. The fraction of sp³-hybridized carbons (Fsp3) is 0.333. The van der Waals surface area contributed by atoms with Crippen molar-refractivity contribution in [3.63, 3.8) is 0 Å². The van der Waals surface area contributed by atoms with Crippen molar-refractivity contribution in [1.29, 1.82) is 0 Å². The number of carbonyl (C=O) groups is 1. The number of nitrogens with zero attached hydrogens (tertiary/aromatic N) is 3. The van der Waals surface area contributed by atoms with Gasteiger partial charge in [-0.2, -0.15) is 0 Å². The van der Waals surface area contributed by atoms with Crippen LogP contribution in [0.25, 0.3) is 0 Å². The third kappa shape index (κ3) is 2.27. The number of hydrogen-bond donors (Lipinski definition) is 1. The van der Waals surface area contributed by atoms with Gasteiger partial charge in [-0.15, -0.1) is 0 Å². The second-order valence-corrected chi connectivity index (χ2v) is 5.12. The van der Waals surface area contributed by atoms with Crippen LogP contribution in [0.1, 0.15) is 22.5 Å². The molecule has 0 atom stereocenters. The highest BCUT2D eigenvalue weighted by Gasteiger charge is 2.20. The number of hydrogen-bond acceptors (Lipinski definition) is 3. The molecule has 0 fully saturated rings. The van der Waals surface area contributed by atoms with Gasteiger partial charge in [0, 0.05) is 32.0 Å². The number of aromatic nitrogens is 2. The molecule has 104 valence electrons. The Morgan fingerprint density at radius 3 is 2.80 bits per heavy atom. The molecule has 0 radical (unpaired) electrons. The number of carbonyl (C=O) groups excluding carboxylic acids is 1. The van der Waals surface area contributed by atoms with E-state index in [0.717, 1.165) is 31.1 Å². The summed E-state index contributed by atoms with van der Waals surface area (Å²) in [6.45, 7) is 3.86. The van der Waals surface area contributed by atoms with Crippen LogP contribution in [0.5, 0.6) is 0 Å². The van der Waals surface area contributed by atoms with Crippen molar-refractivity contribution in [3.05, 3.63) is 41.7 Å². The van der Waals surface area contributed by atoms with E-state index in [-0.39, 0.29) is 5.91 Å². The summed E-state index contributed by atoms with van der Waals surface area (Å²) in [4.78, 5) is 18.5. The van der Waals surface area contributed by atoms with Gasteiger partial charge in [0.2, 0.25) is 5.95 Å². The number of rotatable bonds is 2. The van der Waals surface area contributed by atoms with E-state index in [4.69, 9.17) is 0 Å². The molecule has 1 aliphatic rings. The number of fused-ring (bicyclic) bond motifs is 1. The van der Waals surface area contributed by atoms with E-state index in [1.54, 1.807) is 11.9 Å². The van der Waals surface area contributed by atoms with Gasteiger partial charge >= 0.3 is 0 Å². The van der Waals surface area contributed by atoms with Gasteiger partial charge in [0.15, 0.2) is 0 Å². The van der Waals surface area contributed by atoms with Gasteiger partial charge < -0.3 is 14.8 Å². The van der Waals surface area contributed by atoms with E-state index in [9.17, 15) is 4.79 Å². The van der Waals surface area contributed by atoms with E-state index in [1.165, 1.54) is 5.56 Å². The maximum Gasteiger partial charge on any atom is 0.278 e. The summed E-state index contributed by atoms with van der Waals surface area (Å²) >= 11 is 0. The van der Waals surface area contributed by atoms with Crippen LogP contribution in [0.15, 0.2) is 30.5 Å². The maximum atomic E-state index is 12.5. The Labute approximate surface area is 118 Å². The predicted octanol–water partition coefficient (Wildman–Crippen LogP) is 2.28. The number of nitrogens with one attached hydrogen (secondary N) is 1. The van der Waals surface area contributed by atoms with Gasteiger partial charge in [-0.05, 0) is 25.5 Å². The number of imidazole rings is 1. The van der Waals surface area contributed by atoms with Crippen molar-refractivity contribution < 1.29 is 4.79 Å². The molecule has 1 aliphatic heterocycles. The second-order valence-electron chi connectivity index (χ2n) is 5.12. The molecule has 5 heteroatoms. The lowest BCUT2D eigenvalue weighted by Gasteiger charge is -2.16. The quantitative estimate of drug-likeness (QED) is 0.911. The highest BCUT2D eigenvalue weighted by molar-refractivity contribution is 6.04. The molecule has 0 saturated carbocycles. The molecule has 3 rings (SSSR count). The predicted molar refractivity (Wildman–Crippen MR) is 79.2 cm³/mol. The van der Waals surface area contributed by atoms with Gasteiger partial charge in [-0.25, -0.2) is 4.98 Å². The molecular formula is C15H18N4O. The van der Waals surface area contributed by atoms with E-state index in [0.29, 0.717) is 5.69 Å². The zero-order valence-electron chi connectivity index (χ0n) is 11.8. The van der Waals surface area contributed by atoms with Crippen molar-refractivity contribution in [1.82, 2.24) is 9.55 Å². The first-order chi connectivity index (χ1) is 9.65. The number of anilines is 2. The summed E-state index contributed by atoms with van der Waals surface area (Å²) in [5, 5.41) is 3.21. The summed E-state index contributed by atoms with van der Waals surface area (Å²) in [7, 11) is 1.78. The average molecular weight is 270 g/mol. The third-order valence-corrected chi connectivity index (χ3v) is 3.58. The lowest BCUT2D eigenvalue weighted by molar-refractivity contribution is 0.0988. The molecule has 0 spiro atoms. The normalized spacial score (nSPS) is 13.5. The number of benzene rings is 1. The second kappa shape index (κ2) is 5.00. The molecule has 0 unspecified atom stereocenters. The molecule has 2 aromatic rings. The molecule has 1 aromatic carbocycles. The first-order valence-corrected chi connectivity index (χ1v) is 6.81. The van der Waals surface area contributed by atoms with Crippen LogP contribution >= 0.6 is 0 Å². The molecule has 1 aromatic heterocycles. The molecule has 0 aliphatic carbocycles. The van der Waals surface area contributed by atoms with Crippen LogP contribution in [-0.4, -0.2) is 29.1 Å². The molecule has 1 N–H and O–H groups in total. The van der Waals surface area contributed by atoms with Gasteiger partial charge in [0.05, 0.1) is 0 Å². The Morgan fingerprint density at radius 1 is 1.35 bits per heavy atom. The average Bonchev–Trinajstić information content (AvgIpc) is 2.90. The van der Waals surface area contributed by atoms with Crippen molar-refractivity contribution >= 4 is 17.5 Å². The van der Waals surface area contributed by atoms with E-state index < -0.39 is 0 Å². The zero-order valence-corrected chi connectivity index (χ0v) is 11.8. The Hall–Kier alpha value is -2.30.